The Kier molecular flexibility index (Phi) is 21.6. The maximum absolute atomic E-state index is 12.8. The minimum absolute atomic E-state index is 0.0000995. The van der Waals surface area contributed by atoms with Crippen molar-refractivity contribution in [3.63, 3.8) is 0 Å². The average Bonchev–Trinajstić information content (AvgIpc) is 3.89. The third-order valence-electron chi connectivity index (χ3n) is 11.6. The lowest BCUT2D eigenvalue weighted by Crippen LogP contribution is -2.47. The van der Waals surface area contributed by atoms with E-state index in [1.165, 1.54) is 101 Å². The van der Waals surface area contributed by atoms with Crippen molar-refractivity contribution in [2.24, 2.45) is 0 Å². The van der Waals surface area contributed by atoms with Gasteiger partial charge in [0.25, 0.3) is 11.8 Å². The number of anilines is 2. The van der Waals surface area contributed by atoms with Gasteiger partial charge in [-0.25, -0.2) is 27.6 Å². The van der Waals surface area contributed by atoms with Gasteiger partial charge in [-0.3, -0.25) is 28.8 Å². The van der Waals surface area contributed by atoms with E-state index in [0.717, 1.165) is 8.61 Å². The van der Waals surface area contributed by atoms with E-state index in [-0.39, 0.29) is 84.6 Å². The van der Waals surface area contributed by atoms with E-state index in [9.17, 15) is 75.6 Å². The van der Waals surface area contributed by atoms with Gasteiger partial charge in [-0.1, -0.05) is 24.3 Å². The topological polar surface area (TPSA) is 401 Å². The van der Waals surface area contributed by atoms with Crippen LogP contribution in [-0.2, 0) is 71.5 Å². The summed E-state index contributed by atoms with van der Waals surface area (Å²) in [5, 5.41) is 51.2. The molecule has 432 valence electrons. The molecule has 10 N–H and O–H groups in total. The van der Waals surface area contributed by atoms with Crippen LogP contribution >= 0.6 is 0 Å². The fraction of sp³-hybridized carbons (Fsp3) is 0.360. The van der Waals surface area contributed by atoms with Crippen LogP contribution < -0.4 is 48.8 Å². The van der Waals surface area contributed by atoms with E-state index in [0.29, 0.717) is 36.8 Å². The lowest BCUT2D eigenvalue weighted by atomic mass is 10.0. The zero-order chi connectivity index (χ0) is 58.9. The van der Waals surface area contributed by atoms with Gasteiger partial charge in [-0.05, 0) is 85.3 Å². The van der Waals surface area contributed by atoms with Gasteiger partial charge in [0.15, 0.2) is 0 Å². The number of unbranched alkanes of at least 4 members (excludes halogenated alkanes) is 2. The number of rotatable bonds is 24. The second-order valence-electron chi connectivity index (χ2n) is 17.6. The van der Waals surface area contributed by atoms with Gasteiger partial charge in [0.1, 0.15) is 70.8 Å². The van der Waals surface area contributed by atoms with Crippen LogP contribution in [0.15, 0.2) is 72.8 Å². The number of esters is 2. The molecule has 0 aliphatic carbocycles. The van der Waals surface area contributed by atoms with Crippen LogP contribution in [0.3, 0.4) is 0 Å². The largest absolute Gasteiger partial charge is 0.507 e. The van der Waals surface area contributed by atoms with Gasteiger partial charge in [0.2, 0.25) is 23.6 Å². The van der Waals surface area contributed by atoms with E-state index < -0.39 is 104 Å². The van der Waals surface area contributed by atoms with Crippen molar-refractivity contribution in [1.29, 1.82) is 0 Å². The van der Waals surface area contributed by atoms with E-state index >= 15 is 0 Å². The summed E-state index contributed by atoms with van der Waals surface area (Å²) in [5.41, 5.74) is 0.507. The van der Waals surface area contributed by atoms with Crippen LogP contribution in [0.1, 0.15) is 71.4 Å². The molecule has 4 aromatic rings. The summed E-state index contributed by atoms with van der Waals surface area (Å²) in [6.07, 6.45) is 1.98. The third-order valence-corrected chi connectivity index (χ3v) is 14.4. The fourth-order valence-corrected chi connectivity index (χ4v) is 10.2. The zero-order valence-electron chi connectivity index (χ0n) is 43.6. The lowest BCUT2D eigenvalue weighted by molar-refractivity contribution is -0.128. The summed E-state index contributed by atoms with van der Waals surface area (Å²) in [7, 11) is -5.83. The molecule has 4 aromatic carbocycles. The maximum Gasteiger partial charge on any atom is 0.345 e. The van der Waals surface area contributed by atoms with Crippen molar-refractivity contribution in [2.75, 3.05) is 62.2 Å². The molecule has 30 heteroatoms. The Labute approximate surface area is 459 Å². The number of aromatic hydroxyl groups is 4. The van der Waals surface area contributed by atoms with E-state index in [2.05, 4.69) is 30.7 Å². The molecule has 0 saturated carbocycles. The van der Waals surface area contributed by atoms with Gasteiger partial charge < -0.3 is 60.6 Å². The molecule has 6 rings (SSSR count). The molecule has 2 aliphatic rings. The molecule has 2 heterocycles. The first-order valence-electron chi connectivity index (χ1n) is 24.3. The first kappa shape index (κ1) is 61.8. The molecule has 0 bridgehead atoms. The molecule has 2 aliphatic heterocycles. The number of methoxy groups -OCH3 is 2. The summed E-state index contributed by atoms with van der Waals surface area (Å²) >= 11 is 0. The molecule has 6 amide bonds. The Morgan fingerprint density at radius 3 is 1.25 bits per heavy atom. The molecule has 0 aromatic heterocycles. The summed E-state index contributed by atoms with van der Waals surface area (Å²) in [5.74, 6) is -5.81. The van der Waals surface area contributed by atoms with Gasteiger partial charge in [0.05, 0.1) is 38.8 Å². The number of ether oxygens (including phenoxy) is 4. The molecule has 2 saturated heterocycles. The Morgan fingerprint density at radius 1 is 0.562 bits per heavy atom. The van der Waals surface area contributed by atoms with Gasteiger partial charge in [-0.2, -0.15) is 16.8 Å². The number of carbonyl (C=O) groups excluding carboxylic acids is 8. The number of carbonyl (C=O) groups is 8. The number of phenols is 4. The van der Waals surface area contributed by atoms with Crippen LogP contribution in [-0.4, -0.2) is 150 Å². The zero-order valence-corrected chi connectivity index (χ0v) is 45.2. The summed E-state index contributed by atoms with van der Waals surface area (Å²) in [6.45, 7) is 2.44. The van der Waals surface area contributed by atoms with Crippen LogP contribution in [0.5, 0.6) is 34.5 Å². The predicted molar refractivity (Wildman–Crippen MR) is 282 cm³/mol. The molecule has 2 fully saturated rings. The quantitative estimate of drug-likeness (QED) is 0.0330. The van der Waals surface area contributed by atoms with Crippen molar-refractivity contribution < 1.29 is 94.6 Å². The minimum atomic E-state index is -4.11. The van der Waals surface area contributed by atoms with E-state index in [1.54, 1.807) is 0 Å². The highest BCUT2D eigenvalue weighted by Crippen LogP contribution is 2.34. The Hall–Kier alpha value is -9.06. The van der Waals surface area contributed by atoms with E-state index in [1.807, 2.05) is 9.44 Å². The summed E-state index contributed by atoms with van der Waals surface area (Å²) in [4.78, 5) is 95.7. The normalized spacial score (nSPS) is 14.7. The first-order valence-corrected chi connectivity index (χ1v) is 27.2. The number of benzene rings is 4. The molecule has 0 radical (unpaired) electrons. The molecule has 0 spiro atoms. The molecular formula is C50H60N8O20S2. The van der Waals surface area contributed by atoms with Crippen molar-refractivity contribution >= 4 is 79.2 Å². The van der Waals surface area contributed by atoms with Crippen LogP contribution in [0.4, 0.5) is 11.4 Å². The van der Waals surface area contributed by atoms with Crippen molar-refractivity contribution in [2.45, 2.75) is 64.5 Å². The molecule has 28 nitrogen and oxygen atoms in total. The van der Waals surface area contributed by atoms with Crippen molar-refractivity contribution in [3.8, 4) is 34.5 Å². The monoisotopic (exact) mass is 1160 g/mol. The number of nitrogens with one attached hydrogen (secondary N) is 6. The van der Waals surface area contributed by atoms with Gasteiger partial charge in [-0.15, -0.1) is 0 Å². The first-order chi connectivity index (χ1) is 37.8. The van der Waals surface area contributed by atoms with Gasteiger partial charge >= 0.3 is 32.4 Å². The molecule has 2 atom stereocenters. The number of hydrogen-bond acceptors (Lipinski definition) is 20. The summed E-state index contributed by atoms with van der Waals surface area (Å²) in [6, 6.07) is 14.9. The number of amides is 6. The van der Waals surface area contributed by atoms with Crippen LogP contribution in [0.2, 0.25) is 0 Å². The molecular weight excluding hydrogens is 1100 g/mol. The number of phenolic OH excluding ortho intramolecular Hbond substituents is 4. The van der Waals surface area contributed by atoms with Crippen LogP contribution in [0, 0.1) is 0 Å². The summed E-state index contributed by atoms with van der Waals surface area (Å²) < 4.78 is 73.8. The number of hydrogen-bond donors (Lipinski definition) is 10. The Balaban J connectivity index is 0.000000294. The SMILES string of the molecule is COC(=O)c1c(O)cccc1OCCCCNC(=O)C(Cc1ccc(N2CC(=O)NS2(=O)=O)c(O)c1)NC(C)=O.COC(=O)c1c(O)cccc1OCCCCNC(=O)C(Cc1ccc(N2CC(=O)NS2(=O)=O)c(O)c1)NC(C)=O. The molecule has 2 unspecified atom stereocenters. The second-order valence-corrected chi connectivity index (χ2v) is 20.8. The predicted octanol–water partition coefficient (Wildman–Crippen LogP) is 0.176. The van der Waals surface area contributed by atoms with Crippen molar-refractivity contribution in [3.05, 3.63) is 95.1 Å². The highest BCUT2D eigenvalue weighted by Gasteiger charge is 2.37. The highest BCUT2D eigenvalue weighted by atomic mass is 32.2. The van der Waals surface area contributed by atoms with Crippen molar-refractivity contribution in [1.82, 2.24) is 30.7 Å². The van der Waals surface area contributed by atoms with Gasteiger partial charge in [0, 0.05) is 39.8 Å². The maximum atomic E-state index is 12.8. The van der Waals surface area contributed by atoms with E-state index in [4.69, 9.17) is 9.47 Å². The smallest absolute Gasteiger partial charge is 0.345 e. The third kappa shape index (κ3) is 17.0. The fourth-order valence-electron chi connectivity index (χ4n) is 7.90. The standard InChI is InChI=1S/2C25H30N4O10S/c2*1-15(30)27-17(12-16-8-9-18(20(32)13-16)29-14-22(33)28-40(29,36)37)24(34)26-10-3-4-11-39-21-7-5-6-19(31)23(21)25(35)38-2/h2*5-9,13,17,31-32H,3-4,10-12,14H2,1-2H3,(H,26,34)(H,27,30)(H,28,33). The highest BCUT2D eigenvalue weighted by molar-refractivity contribution is 7.92. The molecule has 80 heavy (non-hydrogen) atoms. The average molecular weight is 1160 g/mol. The number of nitrogens with zero attached hydrogens (tertiary/aromatic N) is 2. The lowest BCUT2D eigenvalue weighted by Gasteiger charge is -2.20. The van der Waals surface area contributed by atoms with Crippen LogP contribution in [0.25, 0.3) is 0 Å². The second kappa shape index (κ2) is 28.0. The minimum Gasteiger partial charge on any atom is -0.507 e. The Bertz CT molecular complexity index is 3000. The Morgan fingerprint density at radius 2 is 0.938 bits per heavy atom.